The summed E-state index contributed by atoms with van der Waals surface area (Å²) in [5.41, 5.74) is 1.34. The lowest BCUT2D eigenvalue weighted by atomic mass is 10.1. The number of carbonyl (C=O) groups is 1. The highest BCUT2D eigenvalue weighted by Gasteiger charge is 2.08. The molecule has 0 aliphatic carbocycles. The Kier molecular flexibility index (Phi) is 3.23. The van der Waals surface area contributed by atoms with Crippen LogP contribution in [0.2, 0.25) is 0 Å². The molecule has 3 aromatic rings. The molecule has 1 N–H and O–H groups in total. The standard InChI is InChI=1S/C16H12N2O3/c19-15-13-7-6-12(16(20)21)8-14(13)17-10-18(15)9-11-4-2-1-3-5-11/h1-8,10H,9H2,(H,20,21). The van der Waals surface area contributed by atoms with Gasteiger partial charge in [-0.25, -0.2) is 9.78 Å². The second kappa shape index (κ2) is 5.20. The van der Waals surface area contributed by atoms with Gasteiger partial charge in [-0.15, -0.1) is 0 Å². The monoisotopic (exact) mass is 280 g/mol. The number of aromatic nitrogens is 2. The first-order valence-corrected chi connectivity index (χ1v) is 6.41. The van der Waals surface area contributed by atoms with Crippen molar-refractivity contribution in [2.45, 2.75) is 6.54 Å². The number of fused-ring (bicyclic) bond motifs is 1. The van der Waals surface area contributed by atoms with Crippen molar-refractivity contribution in [1.29, 1.82) is 0 Å². The third kappa shape index (κ3) is 2.53. The first-order chi connectivity index (χ1) is 10.1. The van der Waals surface area contributed by atoms with Gasteiger partial charge in [0, 0.05) is 0 Å². The summed E-state index contributed by atoms with van der Waals surface area (Å²) >= 11 is 0. The van der Waals surface area contributed by atoms with Crippen LogP contribution in [0.15, 0.2) is 59.7 Å². The number of carboxylic acids is 1. The van der Waals surface area contributed by atoms with Gasteiger partial charge in [0.25, 0.3) is 5.56 Å². The molecular formula is C16H12N2O3. The number of benzene rings is 2. The zero-order valence-corrected chi connectivity index (χ0v) is 11.1. The summed E-state index contributed by atoms with van der Waals surface area (Å²) in [7, 11) is 0. The molecule has 104 valence electrons. The average molecular weight is 280 g/mol. The predicted octanol–water partition coefficient (Wildman–Crippen LogP) is 2.14. The quantitative estimate of drug-likeness (QED) is 0.797. The van der Waals surface area contributed by atoms with Gasteiger partial charge in [0.15, 0.2) is 0 Å². The average Bonchev–Trinajstić information content (AvgIpc) is 2.51. The number of nitrogens with zero attached hydrogens (tertiary/aromatic N) is 2. The fraction of sp³-hybridized carbons (Fsp3) is 0.0625. The normalized spacial score (nSPS) is 10.7. The van der Waals surface area contributed by atoms with Crippen LogP contribution in [0.4, 0.5) is 0 Å². The fourth-order valence-electron chi connectivity index (χ4n) is 2.18. The molecule has 1 aromatic heterocycles. The summed E-state index contributed by atoms with van der Waals surface area (Å²) < 4.78 is 1.51. The van der Waals surface area contributed by atoms with Crippen molar-refractivity contribution < 1.29 is 9.90 Å². The summed E-state index contributed by atoms with van der Waals surface area (Å²) in [6.45, 7) is 0.434. The first-order valence-electron chi connectivity index (χ1n) is 6.41. The maximum atomic E-state index is 12.4. The maximum Gasteiger partial charge on any atom is 0.335 e. The Labute approximate surface area is 120 Å². The molecule has 2 aromatic carbocycles. The Morgan fingerprint density at radius 3 is 2.62 bits per heavy atom. The van der Waals surface area contributed by atoms with Crippen LogP contribution in [0.25, 0.3) is 10.9 Å². The molecule has 0 aliphatic heterocycles. The summed E-state index contributed by atoms with van der Waals surface area (Å²) in [4.78, 5) is 27.5. The summed E-state index contributed by atoms with van der Waals surface area (Å²) in [6, 6.07) is 13.9. The van der Waals surface area contributed by atoms with Crippen molar-refractivity contribution in [2.75, 3.05) is 0 Å². The topological polar surface area (TPSA) is 72.2 Å². The number of hydrogen-bond acceptors (Lipinski definition) is 3. The van der Waals surface area contributed by atoms with Gasteiger partial charge in [-0.05, 0) is 23.8 Å². The highest BCUT2D eigenvalue weighted by atomic mass is 16.4. The summed E-state index contributed by atoms with van der Waals surface area (Å²) in [6.07, 6.45) is 1.45. The lowest BCUT2D eigenvalue weighted by Crippen LogP contribution is -2.21. The van der Waals surface area contributed by atoms with E-state index in [0.717, 1.165) is 5.56 Å². The molecule has 0 unspecified atom stereocenters. The van der Waals surface area contributed by atoms with Crippen LogP contribution in [0.3, 0.4) is 0 Å². The molecular weight excluding hydrogens is 268 g/mol. The van der Waals surface area contributed by atoms with Gasteiger partial charge in [0.1, 0.15) is 0 Å². The molecule has 21 heavy (non-hydrogen) atoms. The molecule has 0 radical (unpaired) electrons. The van der Waals surface area contributed by atoms with E-state index in [1.54, 1.807) is 0 Å². The molecule has 5 heteroatoms. The second-order valence-corrected chi connectivity index (χ2v) is 4.70. The minimum absolute atomic E-state index is 0.121. The van der Waals surface area contributed by atoms with E-state index in [-0.39, 0.29) is 11.1 Å². The maximum absolute atomic E-state index is 12.4. The van der Waals surface area contributed by atoms with Crippen molar-refractivity contribution in [3.05, 3.63) is 76.3 Å². The summed E-state index contributed by atoms with van der Waals surface area (Å²) in [5, 5.41) is 9.37. The Hall–Kier alpha value is -2.95. The van der Waals surface area contributed by atoms with Crippen LogP contribution in [0.5, 0.6) is 0 Å². The van der Waals surface area contributed by atoms with Gasteiger partial charge in [-0.3, -0.25) is 9.36 Å². The number of hydrogen-bond donors (Lipinski definition) is 1. The molecule has 0 fully saturated rings. The van der Waals surface area contributed by atoms with Gasteiger partial charge >= 0.3 is 5.97 Å². The van der Waals surface area contributed by atoms with Crippen molar-refractivity contribution in [3.8, 4) is 0 Å². The molecule has 1 heterocycles. The van der Waals surface area contributed by atoms with Gasteiger partial charge < -0.3 is 5.11 Å². The third-order valence-corrected chi connectivity index (χ3v) is 3.27. The lowest BCUT2D eigenvalue weighted by molar-refractivity contribution is 0.0697. The van der Waals surface area contributed by atoms with E-state index >= 15 is 0 Å². The predicted molar refractivity (Wildman–Crippen MR) is 78.5 cm³/mol. The van der Waals surface area contributed by atoms with Crippen LogP contribution in [0.1, 0.15) is 15.9 Å². The van der Waals surface area contributed by atoms with Crippen molar-refractivity contribution >= 4 is 16.9 Å². The van der Waals surface area contributed by atoms with Gasteiger partial charge in [0.05, 0.1) is 29.3 Å². The number of rotatable bonds is 3. The fourth-order valence-corrected chi connectivity index (χ4v) is 2.18. The SMILES string of the molecule is O=C(O)c1ccc2c(=O)n(Cc3ccccc3)cnc2c1. The van der Waals surface area contributed by atoms with Gasteiger partial charge in [-0.2, -0.15) is 0 Å². The minimum atomic E-state index is -1.04. The van der Waals surface area contributed by atoms with Crippen molar-refractivity contribution in [1.82, 2.24) is 9.55 Å². The number of carboxylic acid groups (broad SMARTS) is 1. The van der Waals surface area contributed by atoms with E-state index in [1.165, 1.54) is 29.1 Å². The zero-order valence-electron chi connectivity index (χ0n) is 11.1. The third-order valence-electron chi connectivity index (χ3n) is 3.27. The Bertz CT molecular complexity index is 870. The smallest absolute Gasteiger partial charge is 0.335 e. The van der Waals surface area contributed by atoms with Crippen LogP contribution in [0, 0.1) is 0 Å². The van der Waals surface area contributed by atoms with Crippen molar-refractivity contribution in [2.24, 2.45) is 0 Å². The van der Waals surface area contributed by atoms with Crippen molar-refractivity contribution in [3.63, 3.8) is 0 Å². The Morgan fingerprint density at radius 1 is 1.14 bits per heavy atom. The lowest BCUT2D eigenvalue weighted by Gasteiger charge is -2.07. The van der Waals surface area contributed by atoms with E-state index in [4.69, 9.17) is 5.11 Å². The molecule has 0 bridgehead atoms. The summed E-state index contributed by atoms with van der Waals surface area (Å²) in [5.74, 6) is -1.04. The van der Waals surface area contributed by atoms with E-state index in [0.29, 0.717) is 17.4 Å². The highest BCUT2D eigenvalue weighted by molar-refractivity contribution is 5.92. The minimum Gasteiger partial charge on any atom is -0.478 e. The largest absolute Gasteiger partial charge is 0.478 e. The first kappa shape index (κ1) is 13.1. The van der Waals surface area contributed by atoms with Gasteiger partial charge in [-0.1, -0.05) is 30.3 Å². The molecule has 0 saturated heterocycles. The van der Waals surface area contributed by atoms with Crippen LogP contribution < -0.4 is 5.56 Å². The molecule has 0 amide bonds. The van der Waals surface area contributed by atoms with Gasteiger partial charge in [0.2, 0.25) is 0 Å². The number of aromatic carboxylic acids is 1. The van der Waals surface area contributed by atoms with E-state index in [9.17, 15) is 9.59 Å². The van der Waals surface area contributed by atoms with Crippen LogP contribution >= 0.6 is 0 Å². The Balaban J connectivity index is 2.06. The van der Waals surface area contributed by atoms with Crippen LogP contribution in [-0.4, -0.2) is 20.6 Å². The molecule has 0 saturated carbocycles. The highest BCUT2D eigenvalue weighted by Crippen LogP contribution is 2.10. The molecule has 3 rings (SSSR count). The molecule has 0 atom stereocenters. The molecule has 5 nitrogen and oxygen atoms in total. The van der Waals surface area contributed by atoms with E-state index in [1.807, 2.05) is 30.3 Å². The zero-order chi connectivity index (χ0) is 14.8. The van der Waals surface area contributed by atoms with E-state index in [2.05, 4.69) is 4.98 Å². The van der Waals surface area contributed by atoms with Crippen LogP contribution in [-0.2, 0) is 6.54 Å². The molecule has 0 aliphatic rings. The second-order valence-electron chi connectivity index (χ2n) is 4.70. The molecule has 0 spiro atoms. The Morgan fingerprint density at radius 2 is 1.90 bits per heavy atom. The van der Waals surface area contributed by atoms with E-state index < -0.39 is 5.97 Å².